The normalized spacial score (nSPS) is 12.4. The van der Waals surface area contributed by atoms with Crippen LogP contribution < -0.4 is 5.32 Å². The van der Waals surface area contributed by atoms with Crippen LogP contribution in [0.1, 0.15) is 22.3 Å². The summed E-state index contributed by atoms with van der Waals surface area (Å²) in [4.78, 5) is 0. The number of rotatable bonds is 6. The van der Waals surface area contributed by atoms with Crippen molar-refractivity contribution in [2.75, 3.05) is 13.6 Å². The van der Waals surface area contributed by atoms with E-state index < -0.39 is 0 Å². The molecule has 2 aromatic rings. The molecule has 21 heavy (non-hydrogen) atoms. The third kappa shape index (κ3) is 4.98. The molecule has 0 aliphatic rings. The Labute approximate surface area is 136 Å². The molecule has 1 unspecified atom stereocenters. The third-order valence-corrected chi connectivity index (χ3v) is 4.54. The van der Waals surface area contributed by atoms with E-state index in [-0.39, 0.29) is 0 Å². The van der Waals surface area contributed by atoms with Gasteiger partial charge in [0, 0.05) is 4.47 Å². The highest BCUT2D eigenvalue weighted by Gasteiger charge is 2.12. The van der Waals surface area contributed by atoms with E-state index in [1.807, 2.05) is 7.05 Å². The lowest BCUT2D eigenvalue weighted by atomic mass is 9.91. The Bertz CT molecular complexity index is 572. The lowest BCUT2D eigenvalue weighted by Crippen LogP contribution is -2.23. The Balaban J connectivity index is 2.13. The Kier molecular flexibility index (Phi) is 6.01. The molecule has 1 atom stereocenters. The number of aryl methyl sites for hydroxylation is 2. The van der Waals surface area contributed by atoms with Gasteiger partial charge >= 0.3 is 0 Å². The van der Waals surface area contributed by atoms with Gasteiger partial charge in [0.05, 0.1) is 0 Å². The molecule has 0 amide bonds. The van der Waals surface area contributed by atoms with Crippen LogP contribution in [0.2, 0.25) is 0 Å². The molecule has 2 heteroatoms. The molecule has 0 heterocycles. The van der Waals surface area contributed by atoms with Crippen LogP contribution in [0, 0.1) is 19.8 Å². The Morgan fingerprint density at radius 2 is 1.67 bits per heavy atom. The molecular formula is C19H24BrN. The maximum atomic E-state index is 3.66. The van der Waals surface area contributed by atoms with Crippen molar-refractivity contribution in [1.29, 1.82) is 0 Å². The second kappa shape index (κ2) is 7.77. The first-order valence-electron chi connectivity index (χ1n) is 7.53. The highest BCUT2D eigenvalue weighted by molar-refractivity contribution is 9.10. The quantitative estimate of drug-likeness (QED) is 0.800. The van der Waals surface area contributed by atoms with Gasteiger partial charge in [0.25, 0.3) is 0 Å². The van der Waals surface area contributed by atoms with E-state index in [0.29, 0.717) is 5.92 Å². The molecule has 0 aliphatic carbocycles. The summed E-state index contributed by atoms with van der Waals surface area (Å²) in [5, 5.41) is 3.34. The van der Waals surface area contributed by atoms with Gasteiger partial charge in [0.2, 0.25) is 0 Å². The van der Waals surface area contributed by atoms with E-state index in [1.165, 1.54) is 26.7 Å². The van der Waals surface area contributed by atoms with E-state index in [0.717, 1.165) is 19.4 Å². The Morgan fingerprint density at radius 1 is 1.00 bits per heavy atom. The molecule has 0 saturated carbocycles. The predicted molar refractivity (Wildman–Crippen MR) is 94.9 cm³/mol. The molecule has 0 aliphatic heterocycles. The molecule has 1 nitrogen and oxygen atoms in total. The van der Waals surface area contributed by atoms with Gasteiger partial charge in [-0.25, -0.2) is 0 Å². The zero-order valence-corrected chi connectivity index (χ0v) is 14.7. The molecule has 0 radical (unpaired) electrons. The maximum Gasteiger partial charge on any atom is 0.0207 e. The van der Waals surface area contributed by atoms with E-state index in [2.05, 4.69) is 77.6 Å². The fourth-order valence-corrected chi connectivity index (χ4v) is 3.45. The Hall–Kier alpha value is -1.12. The van der Waals surface area contributed by atoms with Crippen molar-refractivity contribution in [2.45, 2.75) is 26.7 Å². The van der Waals surface area contributed by atoms with Crippen molar-refractivity contribution in [1.82, 2.24) is 5.32 Å². The maximum absolute atomic E-state index is 3.66. The number of nitrogens with one attached hydrogen (secondary N) is 1. The highest BCUT2D eigenvalue weighted by Crippen LogP contribution is 2.22. The van der Waals surface area contributed by atoms with Crippen LogP contribution in [0.25, 0.3) is 0 Å². The number of halogens is 1. The molecule has 0 aromatic heterocycles. The zero-order chi connectivity index (χ0) is 15.2. The summed E-state index contributed by atoms with van der Waals surface area (Å²) in [7, 11) is 2.04. The van der Waals surface area contributed by atoms with Crippen LogP contribution in [0.4, 0.5) is 0 Å². The highest BCUT2D eigenvalue weighted by atomic mass is 79.9. The van der Waals surface area contributed by atoms with Crippen molar-refractivity contribution in [3.8, 4) is 0 Å². The molecule has 0 bridgehead atoms. The monoisotopic (exact) mass is 345 g/mol. The summed E-state index contributed by atoms with van der Waals surface area (Å²) in [6, 6.07) is 15.4. The van der Waals surface area contributed by atoms with Crippen LogP contribution in [-0.4, -0.2) is 13.6 Å². The van der Waals surface area contributed by atoms with Crippen molar-refractivity contribution in [3.05, 3.63) is 69.2 Å². The first kappa shape index (κ1) is 16.3. The number of hydrogen-bond acceptors (Lipinski definition) is 1. The van der Waals surface area contributed by atoms with Crippen molar-refractivity contribution in [3.63, 3.8) is 0 Å². The van der Waals surface area contributed by atoms with Crippen molar-refractivity contribution < 1.29 is 0 Å². The number of benzene rings is 2. The third-order valence-electron chi connectivity index (χ3n) is 3.77. The van der Waals surface area contributed by atoms with E-state index >= 15 is 0 Å². The minimum absolute atomic E-state index is 0.606. The van der Waals surface area contributed by atoms with Crippen LogP contribution in [0.3, 0.4) is 0 Å². The van der Waals surface area contributed by atoms with E-state index in [1.54, 1.807) is 0 Å². The summed E-state index contributed by atoms with van der Waals surface area (Å²) in [5.74, 6) is 0.606. The molecular weight excluding hydrogens is 322 g/mol. The summed E-state index contributed by atoms with van der Waals surface area (Å²) in [6.45, 7) is 5.39. The van der Waals surface area contributed by atoms with E-state index in [4.69, 9.17) is 0 Å². The van der Waals surface area contributed by atoms with Crippen LogP contribution in [0.5, 0.6) is 0 Å². The molecule has 0 spiro atoms. The van der Waals surface area contributed by atoms with Crippen LogP contribution in [-0.2, 0) is 12.8 Å². The average molecular weight is 346 g/mol. The lowest BCUT2D eigenvalue weighted by Gasteiger charge is -2.18. The van der Waals surface area contributed by atoms with Gasteiger partial charge in [-0.05, 0) is 63.4 Å². The standard InChI is InChI=1S/C19H24BrN/c1-14-8-15(2)10-16(9-14)11-17(13-21-3)12-18-6-4-5-7-19(18)20/h4-10,17,21H,11-13H2,1-3H3. The number of hydrogen-bond donors (Lipinski definition) is 1. The minimum atomic E-state index is 0.606. The summed E-state index contributed by atoms with van der Waals surface area (Å²) < 4.78 is 1.21. The van der Waals surface area contributed by atoms with Crippen molar-refractivity contribution >= 4 is 15.9 Å². The smallest absolute Gasteiger partial charge is 0.0207 e. The van der Waals surface area contributed by atoms with Crippen LogP contribution in [0.15, 0.2) is 46.9 Å². The second-order valence-corrected chi connectivity index (χ2v) is 6.77. The molecule has 1 N–H and O–H groups in total. The van der Waals surface area contributed by atoms with Gasteiger partial charge in [-0.15, -0.1) is 0 Å². The second-order valence-electron chi connectivity index (χ2n) is 5.92. The van der Waals surface area contributed by atoms with Gasteiger partial charge in [-0.3, -0.25) is 0 Å². The fraction of sp³-hybridized carbons (Fsp3) is 0.368. The first-order valence-corrected chi connectivity index (χ1v) is 8.33. The fourth-order valence-electron chi connectivity index (χ4n) is 3.00. The summed E-state index contributed by atoms with van der Waals surface area (Å²) in [5.41, 5.74) is 5.55. The van der Waals surface area contributed by atoms with Gasteiger partial charge in [-0.2, -0.15) is 0 Å². The lowest BCUT2D eigenvalue weighted by molar-refractivity contribution is 0.492. The van der Waals surface area contributed by atoms with Crippen LogP contribution >= 0.6 is 15.9 Å². The predicted octanol–water partition coefficient (Wildman–Crippen LogP) is 4.69. The zero-order valence-electron chi connectivity index (χ0n) is 13.1. The summed E-state index contributed by atoms with van der Waals surface area (Å²) >= 11 is 3.66. The average Bonchev–Trinajstić information content (AvgIpc) is 2.40. The Morgan fingerprint density at radius 3 is 2.29 bits per heavy atom. The summed E-state index contributed by atoms with van der Waals surface area (Å²) in [6.07, 6.45) is 2.21. The van der Waals surface area contributed by atoms with Crippen molar-refractivity contribution in [2.24, 2.45) is 5.92 Å². The SMILES string of the molecule is CNCC(Cc1cc(C)cc(C)c1)Cc1ccccc1Br. The molecule has 2 rings (SSSR count). The van der Waals surface area contributed by atoms with Gasteiger partial charge in [0.15, 0.2) is 0 Å². The molecule has 2 aromatic carbocycles. The topological polar surface area (TPSA) is 12.0 Å². The molecule has 0 saturated heterocycles. The first-order chi connectivity index (χ1) is 10.1. The van der Waals surface area contributed by atoms with Gasteiger partial charge in [-0.1, -0.05) is 63.5 Å². The van der Waals surface area contributed by atoms with E-state index in [9.17, 15) is 0 Å². The van der Waals surface area contributed by atoms with Gasteiger partial charge < -0.3 is 5.32 Å². The largest absolute Gasteiger partial charge is 0.319 e. The minimum Gasteiger partial charge on any atom is -0.319 e. The van der Waals surface area contributed by atoms with Gasteiger partial charge in [0.1, 0.15) is 0 Å². The molecule has 112 valence electrons. The molecule has 0 fully saturated rings.